The molecule has 0 saturated heterocycles. The van der Waals surface area contributed by atoms with Gasteiger partial charge in [-0.15, -0.1) is 0 Å². The van der Waals surface area contributed by atoms with Crippen molar-refractivity contribution in [2.45, 2.75) is 6.92 Å². The third-order valence-electron chi connectivity index (χ3n) is 3.29. The Morgan fingerprint density at radius 1 is 1.04 bits per heavy atom. The van der Waals surface area contributed by atoms with Gasteiger partial charge in [-0.2, -0.15) is 5.10 Å². The van der Waals surface area contributed by atoms with Gasteiger partial charge in [0.2, 0.25) is 0 Å². The van der Waals surface area contributed by atoms with E-state index >= 15 is 0 Å². The zero-order valence-electron chi connectivity index (χ0n) is 12.2. The Morgan fingerprint density at radius 3 is 2.35 bits per heavy atom. The number of H-pyrrole nitrogens is 1. The lowest BCUT2D eigenvalue weighted by atomic mass is 10.1. The van der Waals surface area contributed by atoms with E-state index in [1.54, 1.807) is 24.3 Å². The predicted octanol–water partition coefficient (Wildman–Crippen LogP) is 4.94. The largest absolute Gasteiger partial charge is 0.321 e. The highest BCUT2D eigenvalue weighted by molar-refractivity contribution is 6.35. The molecule has 0 aliphatic heterocycles. The smallest absolute Gasteiger partial charge is 0.273 e. The second-order valence-electron chi connectivity index (χ2n) is 5.15. The van der Waals surface area contributed by atoms with Gasteiger partial charge < -0.3 is 5.32 Å². The van der Waals surface area contributed by atoms with Crippen molar-refractivity contribution in [3.05, 3.63) is 69.8 Å². The Balaban J connectivity index is 1.79. The van der Waals surface area contributed by atoms with Gasteiger partial charge in [0.1, 0.15) is 5.69 Å². The number of benzene rings is 2. The van der Waals surface area contributed by atoms with Crippen LogP contribution in [-0.4, -0.2) is 16.1 Å². The third-order valence-corrected chi connectivity index (χ3v) is 3.73. The van der Waals surface area contributed by atoms with Crippen LogP contribution in [0.15, 0.2) is 48.5 Å². The zero-order chi connectivity index (χ0) is 16.4. The molecule has 0 aliphatic carbocycles. The van der Waals surface area contributed by atoms with Crippen LogP contribution < -0.4 is 5.32 Å². The molecule has 0 bridgehead atoms. The molecule has 2 aromatic carbocycles. The van der Waals surface area contributed by atoms with E-state index in [4.69, 9.17) is 23.2 Å². The molecule has 1 heterocycles. The van der Waals surface area contributed by atoms with Crippen molar-refractivity contribution in [1.82, 2.24) is 10.2 Å². The van der Waals surface area contributed by atoms with Crippen LogP contribution in [0.3, 0.4) is 0 Å². The topological polar surface area (TPSA) is 57.8 Å². The number of halogens is 2. The number of anilines is 1. The highest BCUT2D eigenvalue weighted by Crippen LogP contribution is 2.23. The summed E-state index contributed by atoms with van der Waals surface area (Å²) in [6, 6.07) is 14.5. The number of nitrogens with one attached hydrogen (secondary N) is 2. The van der Waals surface area contributed by atoms with E-state index in [0.717, 1.165) is 5.56 Å². The van der Waals surface area contributed by atoms with Crippen LogP contribution >= 0.6 is 23.2 Å². The molecule has 0 radical (unpaired) electrons. The number of aromatic nitrogens is 2. The fourth-order valence-corrected chi connectivity index (χ4v) is 2.66. The van der Waals surface area contributed by atoms with E-state index in [1.807, 2.05) is 31.2 Å². The molecule has 0 saturated carbocycles. The summed E-state index contributed by atoms with van der Waals surface area (Å²) in [6.07, 6.45) is 0. The van der Waals surface area contributed by atoms with Crippen LogP contribution in [0.5, 0.6) is 0 Å². The van der Waals surface area contributed by atoms with Gasteiger partial charge in [-0.3, -0.25) is 9.89 Å². The first-order chi connectivity index (χ1) is 11.0. The molecule has 6 heteroatoms. The summed E-state index contributed by atoms with van der Waals surface area (Å²) in [5, 5.41) is 10.6. The number of amides is 1. The quantitative estimate of drug-likeness (QED) is 0.705. The molecule has 1 aromatic heterocycles. The van der Waals surface area contributed by atoms with E-state index in [0.29, 0.717) is 27.1 Å². The van der Waals surface area contributed by atoms with Crippen molar-refractivity contribution in [1.29, 1.82) is 0 Å². The Bertz CT molecular complexity index is 836. The maximum absolute atomic E-state index is 12.3. The van der Waals surface area contributed by atoms with Gasteiger partial charge in [0.15, 0.2) is 0 Å². The average Bonchev–Trinajstić information content (AvgIpc) is 2.97. The lowest BCUT2D eigenvalue weighted by Crippen LogP contribution is -2.12. The third kappa shape index (κ3) is 3.73. The summed E-state index contributed by atoms with van der Waals surface area (Å²) in [5.74, 6) is -0.311. The van der Waals surface area contributed by atoms with Gasteiger partial charge in [0, 0.05) is 21.3 Å². The van der Waals surface area contributed by atoms with Gasteiger partial charge >= 0.3 is 0 Å². The minimum atomic E-state index is -0.311. The molecule has 3 rings (SSSR count). The number of aromatic amines is 1. The Kier molecular flexibility index (Phi) is 4.37. The molecule has 3 aromatic rings. The summed E-state index contributed by atoms with van der Waals surface area (Å²) < 4.78 is 0. The molecule has 4 nitrogen and oxygen atoms in total. The molecular weight excluding hydrogens is 333 g/mol. The lowest BCUT2D eigenvalue weighted by Gasteiger charge is -2.04. The standard InChI is InChI=1S/C17H13Cl2N3O/c1-10-2-4-11(5-3-10)15-9-16(22-21-15)17(23)20-14-7-12(18)6-13(19)8-14/h2-9H,1H3,(H,20,23)(H,21,22). The van der Waals surface area contributed by atoms with E-state index in [9.17, 15) is 4.79 Å². The van der Waals surface area contributed by atoms with E-state index in [-0.39, 0.29) is 5.91 Å². The Morgan fingerprint density at radius 2 is 1.70 bits per heavy atom. The summed E-state index contributed by atoms with van der Waals surface area (Å²) in [7, 11) is 0. The molecule has 23 heavy (non-hydrogen) atoms. The minimum absolute atomic E-state index is 0.311. The van der Waals surface area contributed by atoms with Gasteiger partial charge in [-0.1, -0.05) is 53.0 Å². The fraction of sp³-hybridized carbons (Fsp3) is 0.0588. The van der Waals surface area contributed by atoms with E-state index in [2.05, 4.69) is 15.5 Å². The number of carbonyl (C=O) groups excluding carboxylic acids is 1. The second-order valence-corrected chi connectivity index (χ2v) is 6.02. The molecule has 0 fully saturated rings. The number of aryl methyl sites for hydroxylation is 1. The Labute approximate surface area is 143 Å². The highest BCUT2D eigenvalue weighted by atomic mass is 35.5. The molecule has 0 atom stereocenters. The summed E-state index contributed by atoms with van der Waals surface area (Å²) in [6.45, 7) is 2.02. The SMILES string of the molecule is Cc1ccc(-c2cc(C(=O)Nc3cc(Cl)cc(Cl)c3)[nH]n2)cc1. The average molecular weight is 346 g/mol. The van der Waals surface area contributed by atoms with Crippen LogP contribution in [0, 0.1) is 6.92 Å². The number of hydrogen-bond acceptors (Lipinski definition) is 2. The van der Waals surface area contributed by atoms with Gasteiger partial charge in [0.25, 0.3) is 5.91 Å². The zero-order valence-corrected chi connectivity index (χ0v) is 13.7. The first-order valence-electron chi connectivity index (χ1n) is 6.91. The van der Waals surface area contributed by atoms with Crippen molar-refractivity contribution in [2.75, 3.05) is 5.32 Å². The van der Waals surface area contributed by atoms with Crippen LogP contribution in [0.25, 0.3) is 11.3 Å². The van der Waals surface area contributed by atoms with Gasteiger partial charge in [-0.05, 0) is 31.2 Å². The summed E-state index contributed by atoms with van der Waals surface area (Å²) in [5.41, 5.74) is 3.70. The first kappa shape index (κ1) is 15.6. The second kappa shape index (κ2) is 6.44. The van der Waals surface area contributed by atoms with E-state index < -0.39 is 0 Å². The van der Waals surface area contributed by atoms with Crippen molar-refractivity contribution in [3.8, 4) is 11.3 Å². The van der Waals surface area contributed by atoms with Crippen LogP contribution in [-0.2, 0) is 0 Å². The molecule has 0 unspecified atom stereocenters. The lowest BCUT2D eigenvalue weighted by molar-refractivity contribution is 0.102. The maximum Gasteiger partial charge on any atom is 0.273 e. The molecular formula is C17H13Cl2N3O. The number of hydrogen-bond donors (Lipinski definition) is 2. The van der Waals surface area contributed by atoms with E-state index in [1.165, 1.54) is 5.56 Å². The maximum atomic E-state index is 12.3. The van der Waals surface area contributed by atoms with Crippen LogP contribution in [0.2, 0.25) is 10.0 Å². The molecule has 1 amide bonds. The number of carbonyl (C=O) groups is 1. The molecule has 0 spiro atoms. The fourth-order valence-electron chi connectivity index (χ4n) is 2.13. The minimum Gasteiger partial charge on any atom is -0.321 e. The van der Waals surface area contributed by atoms with Crippen LogP contribution in [0.4, 0.5) is 5.69 Å². The highest BCUT2D eigenvalue weighted by Gasteiger charge is 2.12. The Hall–Kier alpha value is -2.30. The first-order valence-corrected chi connectivity index (χ1v) is 7.67. The van der Waals surface area contributed by atoms with Crippen molar-refractivity contribution < 1.29 is 4.79 Å². The molecule has 0 aliphatic rings. The summed E-state index contributed by atoms with van der Waals surface area (Å²) in [4.78, 5) is 12.3. The van der Waals surface area contributed by atoms with Gasteiger partial charge in [-0.25, -0.2) is 0 Å². The number of nitrogens with zero attached hydrogens (tertiary/aromatic N) is 1. The predicted molar refractivity (Wildman–Crippen MR) is 93.2 cm³/mol. The molecule has 2 N–H and O–H groups in total. The number of rotatable bonds is 3. The monoisotopic (exact) mass is 345 g/mol. The van der Waals surface area contributed by atoms with Crippen molar-refractivity contribution in [3.63, 3.8) is 0 Å². The van der Waals surface area contributed by atoms with Gasteiger partial charge in [0.05, 0.1) is 5.69 Å². The molecule has 116 valence electrons. The van der Waals surface area contributed by atoms with Crippen molar-refractivity contribution >= 4 is 34.8 Å². The van der Waals surface area contributed by atoms with Crippen LogP contribution in [0.1, 0.15) is 16.1 Å². The van der Waals surface area contributed by atoms with Crippen molar-refractivity contribution in [2.24, 2.45) is 0 Å². The summed E-state index contributed by atoms with van der Waals surface area (Å²) >= 11 is 11.8. The normalized spacial score (nSPS) is 10.6.